The van der Waals surface area contributed by atoms with Crippen LogP contribution >= 0.6 is 11.8 Å². The molecule has 0 saturated carbocycles. The van der Waals surface area contributed by atoms with Crippen molar-refractivity contribution in [3.05, 3.63) is 35.4 Å². The van der Waals surface area contributed by atoms with Crippen LogP contribution in [0.2, 0.25) is 0 Å². The number of alkyl halides is 3. The lowest BCUT2D eigenvalue weighted by Crippen LogP contribution is -2.30. The zero-order valence-electron chi connectivity index (χ0n) is 12.3. The van der Waals surface area contributed by atoms with Gasteiger partial charge in [-0.25, -0.2) is 0 Å². The van der Waals surface area contributed by atoms with Crippen LogP contribution in [0.4, 0.5) is 13.2 Å². The van der Waals surface area contributed by atoms with Gasteiger partial charge in [0.1, 0.15) is 0 Å². The van der Waals surface area contributed by atoms with E-state index in [0.717, 1.165) is 30.1 Å². The van der Waals surface area contributed by atoms with Crippen LogP contribution in [0, 0.1) is 0 Å². The van der Waals surface area contributed by atoms with Gasteiger partial charge in [-0.15, -0.1) is 0 Å². The summed E-state index contributed by atoms with van der Waals surface area (Å²) in [5.74, 6) is 2.14. The summed E-state index contributed by atoms with van der Waals surface area (Å²) in [6, 6.07) is 4.92. The minimum Gasteiger partial charge on any atom is -0.387 e. The van der Waals surface area contributed by atoms with Crippen molar-refractivity contribution in [2.75, 3.05) is 18.1 Å². The Morgan fingerprint density at radius 3 is 2.38 bits per heavy atom. The lowest BCUT2D eigenvalue weighted by Gasteiger charge is -2.17. The van der Waals surface area contributed by atoms with E-state index in [1.807, 2.05) is 18.7 Å². The second kappa shape index (κ2) is 8.66. The van der Waals surface area contributed by atoms with Crippen molar-refractivity contribution in [2.45, 2.75) is 38.6 Å². The average Bonchev–Trinajstić information content (AvgIpc) is 2.44. The smallest absolute Gasteiger partial charge is 0.387 e. The number of aliphatic hydroxyl groups is 1. The van der Waals surface area contributed by atoms with Gasteiger partial charge in [-0.3, -0.25) is 0 Å². The molecule has 0 radical (unpaired) electrons. The molecule has 0 saturated heterocycles. The number of hydrogen-bond acceptors (Lipinski definition) is 3. The van der Waals surface area contributed by atoms with Crippen molar-refractivity contribution < 1.29 is 18.3 Å². The van der Waals surface area contributed by atoms with Gasteiger partial charge in [-0.1, -0.05) is 19.1 Å². The van der Waals surface area contributed by atoms with Crippen molar-refractivity contribution in [3.63, 3.8) is 0 Å². The highest BCUT2D eigenvalue weighted by molar-refractivity contribution is 7.99. The fraction of sp³-hybridized carbons (Fsp3) is 0.600. The highest BCUT2D eigenvalue weighted by atomic mass is 32.2. The van der Waals surface area contributed by atoms with Gasteiger partial charge in [0.05, 0.1) is 11.7 Å². The third kappa shape index (κ3) is 6.72. The highest BCUT2D eigenvalue weighted by Crippen LogP contribution is 2.29. The molecule has 21 heavy (non-hydrogen) atoms. The van der Waals surface area contributed by atoms with E-state index in [1.54, 1.807) is 0 Å². The number of rotatable bonds is 8. The monoisotopic (exact) mass is 321 g/mol. The molecular formula is C15H22F3NOS. The predicted molar refractivity (Wildman–Crippen MR) is 81.5 cm³/mol. The Bertz CT molecular complexity index is 408. The summed E-state index contributed by atoms with van der Waals surface area (Å²) in [5.41, 5.74) is -0.206. The van der Waals surface area contributed by atoms with E-state index >= 15 is 0 Å². The molecule has 1 aromatic rings. The molecule has 120 valence electrons. The van der Waals surface area contributed by atoms with Crippen LogP contribution in [-0.4, -0.2) is 29.2 Å². The maximum absolute atomic E-state index is 12.4. The first-order chi connectivity index (χ1) is 9.84. The summed E-state index contributed by atoms with van der Waals surface area (Å²) in [4.78, 5) is 0. The van der Waals surface area contributed by atoms with Crippen LogP contribution in [0.5, 0.6) is 0 Å². The van der Waals surface area contributed by atoms with Crippen molar-refractivity contribution >= 4 is 11.8 Å². The number of halogens is 3. The van der Waals surface area contributed by atoms with E-state index in [9.17, 15) is 18.3 Å². The topological polar surface area (TPSA) is 32.3 Å². The molecule has 2 atom stereocenters. The van der Waals surface area contributed by atoms with E-state index in [0.29, 0.717) is 12.1 Å². The van der Waals surface area contributed by atoms with Crippen LogP contribution in [0.3, 0.4) is 0 Å². The summed E-state index contributed by atoms with van der Waals surface area (Å²) in [5, 5.41) is 13.2. The third-order valence-corrected chi connectivity index (χ3v) is 4.11. The minimum atomic E-state index is -4.34. The molecule has 0 aliphatic heterocycles. The molecule has 0 fully saturated rings. The first-order valence-electron chi connectivity index (χ1n) is 7.01. The SMILES string of the molecule is CCSCCC(C)NCC(O)c1ccc(C(F)(F)F)cc1. The zero-order chi connectivity index (χ0) is 15.9. The lowest BCUT2D eigenvalue weighted by atomic mass is 10.1. The lowest BCUT2D eigenvalue weighted by molar-refractivity contribution is -0.137. The Kier molecular flexibility index (Phi) is 7.56. The Labute approximate surface area is 128 Å². The molecule has 0 aliphatic carbocycles. The summed E-state index contributed by atoms with van der Waals surface area (Å²) >= 11 is 1.86. The number of thioether (sulfide) groups is 1. The number of aliphatic hydroxyl groups excluding tert-OH is 1. The van der Waals surface area contributed by atoms with Crippen molar-refractivity contribution in [1.82, 2.24) is 5.32 Å². The molecule has 0 amide bonds. The maximum atomic E-state index is 12.4. The molecule has 0 spiro atoms. The largest absolute Gasteiger partial charge is 0.416 e. The van der Waals surface area contributed by atoms with Crippen LogP contribution in [0.25, 0.3) is 0 Å². The molecule has 6 heteroatoms. The number of nitrogens with one attached hydrogen (secondary N) is 1. The molecule has 2 nitrogen and oxygen atoms in total. The van der Waals surface area contributed by atoms with E-state index in [1.165, 1.54) is 12.1 Å². The molecule has 0 heterocycles. The normalized spacial score (nSPS) is 15.0. The van der Waals surface area contributed by atoms with Gasteiger partial charge >= 0.3 is 6.18 Å². The van der Waals surface area contributed by atoms with E-state index in [2.05, 4.69) is 12.2 Å². The highest BCUT2D eigenvalue weighted by Gasteiger charge is 2.30. The zero-order valence-corrected chi connectivity index (χ0v) is 13.1. The van der Waals surface area contributed by atoms with Crippen molar-refractivity contribution in [3.8, 4) is 0 Å². The number of hydrogen-bond donors (Lipinski definition) is 2. The van der Waals surface area contributed by atoms with Gasteiger partial charge in [-0.05, 0) is 42.5 Å². The second-order valence-corrected chi connectivity index (χ2v) is 6.32. The van der Waals surface area contributed by atoms with E-state index in [4.69, 9.17) is 0 Å². The first-order valence-corrected chi connectivity index (χ1v) is 8.16. The second-order valence-electron chi connectivity index (χ2n) is 4.93. The molecule has 1 rings (SSSR count). The van der Waals surface area contributed by atoms with Gasteiger partial charge in [0.15, 0.2) is 0 Å². The molecule has 1 aromatic carbocycles. The summed E-state index contributed by atoms with van der Waals surface area (Å²) in [6.07, 6.45) is -4.14. The van der Waals surface area contributed by atoms with Crippen LogP contribution in [0.1, 0.15) is 37.5 Å². The fourth-order valence-electron chi connectivity index (χ4n) is 1.83. The third-order valence-electron chi connectivity index (χ3n) is 3.18. The van der Waals surface area contributed by atoms with Gasteiger partial charge in [0.25, 0.3) is 0 Å². The molecular weight excluding hydrogens is 299 g/mol. The Balaban J connectivity index is 2.43. The molecule has 0 aliphatic rings. The van der Waals surface area contributed by atoms with E-state index < -0.39 is 17.8 Å². The maximum Gasteiger partial charge on any atom is 0.416 e. The standard InChI is InChI=1S/C15H22F3NOS/c1-3-21-9-8-11(2)19-10-14(20)12-4-6-13(7-5-12)15(16,17)18/h4-7,11,14,19-20H,3,8-10H2,1-2H3. The fourth-order valence-corrected chi connectivity index (χ4v) is 2.64. The van der Waals surface area contributed by atoms with Crippen LogP contribution in [0.15, 0.2) is 24.3 Å². The number of benzene rings is 1. The van der Waals surface area contributed by atoms with Crippen molar-refractivity contribution in [2.24, 2.45) is 0 Å². The Morgan fingerprint density at radius 1 is 1.24 bits per heavy atom. The predicted octanol–water partition coefficient (Wildman–Crippen LogP) is 3.86. The summed E-state index contributed by atoms with van der Waals surface area (Å²) < 4.78 is 37.3. The average molecular weight is 321 g/mol. The first kappa shape index (κ1) is 18.3. The molecule has 2 unspecified atom stereocenters. The van der Waals surface area contributed by atoms with Gasteiger partial charge in [0, 0.05) is 12.6 Å². The molecule has 0 aromatic heterocycles. The minimum absolute atomic E-state index is 0.271. The van der Waals surface area contributed by atoms with E-state index in [-0.39, 0.29) is 6.04 Å². The Morgan fingerprint density at radius 2 is 1.86 bits per heavy atom. The van der Waals surface area contributed by atoms with Crippen LogP contribution in [-0.2, 0) is 6.18 Å². The van der Waals surface area contributed by atoms with Crippen molar-refractivity contribution in [1.29, 1.82) is 0 Å². The summed E-state index contributed by atoms with van der Waals surface area (Å²) in [6.45, 7) is 4.48. The van der Waals surface area contributed by atoms with Gasteiger partial charge < -0.3 is 10.4 Å². The quantitative estimate of drug-likeness (QED) is 0.713. The van der Waals surface area contributed by atoms with Gasteiger partial charge in [0.2, 0.25) is 0 Å². The Hall–Kier alpha value is -0.720. The van der Waals surface area contributed by atoms with Crippen LogP contribution < -0.4 is 5.32 Å². The molecule has 2 N–H and O–H groups in total. The summed E-state index contributed by atoms with van der Waals surface area (Å²) in [7, 11) is 0. The van der Waals surface area contributed by atoms with Gasteiger partial charge in [-0.2, -0.15) is 24.9 Å². The molecule has 0 bridgehead atoms.